The van der Waals surface area contributed by atoms with E-state index in [9.17, 15) is 0 Å². The molecule has 16 heavy (non-hydrogen) atoms. The van der Waals surface area contributed by atoms with Gasteiger partial charge in [-0.3, -0.25) is 4.68 Å². The van der Waals surface area contributed by atoms with E-state index in [1.54, 1.807) is 6.20 Å². The quantitative estimate of drug-likeness (QED) is 0.747. The van der Waals surface area contributed by atoms with E-state index in [1.165, 1.54) is 32.1 Å². The third kappa shape index (κ3) is 3.30. The zero-order valence-electron chi connectivity index (χ0n) is 10.1. The first kappa shape index (κ1) is 11.6. The first-order valence-corrected chi connectivity index (χ1v) is 6.44. The smallest absolute Gasteiger partial charge is 0.0692 e. The summed E-state index contributed by atoms with van der Waals surface area (Å²) in [6.07, 6.45) is 10.2. The molecule has 4 heteroatoms. The summed E-state index contributed by atoms with van der Waals surface area (Å²) in [5.41, 5.74) is 0. The zero-order valence-corrected chi connectivity index (χ0v) is 10.1. The molecule has 2 rings (SSSR count). The summed E-state index contributed by atoms with van der Waals surface area (Å²) in [6, 6.07) is 0.770. The molecular formula is C12H22N4. The molecule has 0 saturated heterocycles. The molecule has 2 unspecified atom stereocenters. The van der Waals surface area contributed by atoms with Gasteiger partial charge in [-0.05, 0) is 38.1 Å². The summed E-state index contributed by atoms with van der Waals surface area (Å²) in [5.74, 6) is 0.871. The Morgan fingerprint density at radius 1 is 1.38 bits per heavy atom. The van der Waals surface area contributed by atoms with Gasteiger partial charge in [0.2, 0.25) is 0 Å². The maximum absolute atomic E-state index is 3.95. The Morgan fingerprint density at radius 3 is 3.00 bits per heavy atom. The minimum absolute atomic E-state index is 0.770. The van der Waals surface area contributed by atoms with Crippen molar-refractivity contribution in [2.75, 3.05) is 6.54 Å². The number of aromatic nitrogens is 3. The molecule has 1 heterocycles. The van der Waals surface area contributed by atoms with Gasteiger partial charge in [0.05, 0.1) is 6.20 Å². The average molecular weight is 222 g/mol. The van der Waals surface area contributed by atoms with Crippen LogP contribution in [0.1, 0.15) is 39.0 Å². The maximum Gasteiger partial charge on any atom is 0.0692 e. The summed E-state index contributed by atoms with van der Waals surface area (Å²) in [7, 11) is 0. The number of nitrogens with one attached hydrogen (secondary N) is 1. The van der Waals surface area contributed by atoms with Crippen molar-refractivity contribution in [2.24, 2.45) is 5.92 Å². The first-order chi connectivity index (χ1) is 7.86. The van der Waals surface area contributed by atoms with E-state index >= 15 is 0 Å². The standard InChI is InChI=1S/C12H22N4/c1-11-5-4-6-12(11)13-7-2-3-9-16-10-8-14-15-16/h8,10-13H,2-7,9H2,1H3. The fourth-order valence-electron chi connectivity index (χ4n) is 2.49. The van der Waals surface area contributed by atoms with Crippen LogP contribution in [0, 0.1) is 5.92 Å². The van der Waals surface area contributed by atoms with Crippen LogP contribution in [0.4, 0.5) is 0 Å². The van der Waals surface area contributed by atoms with Crippen LogP contribution < -0.4 is 5.32 Å². The van der Waals surface area contributed by atoms with E-state index in [0.29, 0.717) is 0 Å². The normalized spacial score (nSPS) is 25.1. The van der Waals surface area contributed by atoms with Gasteiger partial charge in [0, 0.05) is 18.8 Å². The van der Waals surface area contributed by atoms with E-state index in [-0.39, 0.29) is 0 Å². The van der Waals surface area contributed by atoms with Gasteiger partial charge in [-0.15, -0.1) is 5.10 Å². The Balaban J connectivity index is 1.52. The minimum atomic E-state index is 0.770. The second-order valence-electron chi connectivity index (χ2n) is 4.84. The van der Waals surface area contributed by atoms with E-state index in [1.807, 2.05) is 10.9 Å². The van der Waals surface area contributed by atoms with Gasteiger partial charge in [-0.2, -0.15) is 0 Å². The molecule has 2 atom stereocenters. The lowest BCUT2D eigenvalue weighted by Crippen LogP contribution is -2.31. The Hall–Kier alpha value is -0.900. The van der Waals surface area contributed by atoms with Crippen molar-refractivity contribution in [2.45, 2.75) is 51.6 Å². The Kier molecular flexibility index (Phi) is 4.34. The molecule has 1 N–H and O–H groups in total. The molecule has 0 aromatic carbocycles. The van der Waals surface area contributed by atoms with E-state index in [0.717, 1.165) is 25.0 Å². The summed E-state index contributed by atoms with van der Waals surface area (Å²) in [6.45, 7) is 4.49. The van der Waals surface area contributed by atoms with Crippen LogP contribution in [0.3, 0.4) is 0 Å². The van der Waals surface area contributed by atoms with Crippen LogP contribution in [0.2, 0.25) is 0 Å². The lowest BCUT2D eigenvalue weighted by Gasteiger charge is -2.16. The van der Waals surface area contributed by atoms with Crippen molar-refractivity contribution in [3.8, 4) is 0 Å². The van der Waals surface area contributed by atoms with Crippen molar-refractivity contribution >= 4 is 0 Å². The highest BCUT2D eigenvalue weighted by atomic mass is 15.4. The summed E-state index contributed by atoms with van der Waals surface area (Å²) in [5, 5.41) is 11.4. The third-order valence-corrected chi connectivity index (χ3v) is 3.55. The van der Waals surface area contributed by atoms with Gasteiger partial charge in [-0.25, -0.2) is 0 Å². The molecule has 1 aromatic rings. The lowest BCUT2D eigenvalue weighted by molar-refractivity contribution is 0.415. The number of unbranched alkanes of at least 4 members (excludes halogenated alkanes) is 1. The van der Waals surface area contributed by atoms with Crippen molar-refractivity contribution in [3.63, 3.8) is 0 Å². The number of rotatable bonds is 6. The van der Waals surface area contributed by atoms with E-state index in [2.05, 4.69) is 22.6 Å². The highest BCUT2D eigenvalue weighted by molar-refractivity contribution is 4.79. The highest BCUT2D eigenvalue weighted by Gasteiger charge is 2.21. The van der Waals surface area contributed by atoms with Crippen LogP contribution >= 0.6 is 0 Å². The van der Waals surface area contributed by atoms with Crippen LogP contribution in [0.5, 0.6) is 0 Å². The molecule has 1 aromatic heterocycles. The molecule has 0 radical (unpaired) electrons. The fourth-order valence-corrected chi connectivity index (χ4v) is 2.49. The maximum atomic E-state index is 3.95. The van der Waals surface area contributed by atoms with Crippen LogP contribution in [0.15, 0.2) is 12.4 Å². The molecule has 1 fully saturated rings. The molecule has 4 nitrogen and oxygen atoms in total. The van der Waals surface area contributed by atoms with Gasteiger partial charge in [0.15, 0.2) is 0 Å². The summed E-state index contributed by atoms with van der Waals surface area (Å²) in [4.78, 5) is 0. The van der Waals surface area contributed by atoms with Gasteiger partial charge in [0.25, 0.3) is 0 Å². The molecule has 0 aliphatic heterocycles. The van der Waals surface area contributed by atoms with Gasteiger partial charge in [0.1, 0.15) is 0 Å². The Labute approximate surface area is 97.4 Å². The molecule has 1 saturated carbocycles. The minimum Gasteiger partial charge on any atom is -0.314 e. The number of hydrogen-bond acceptors (Lipinski definition) is 3. The van der Waals surface area contributed by atoms with Gasteiger partial charge >= 0.3 is 0 Å². The molecule has 1 aliphatic rings. The lowest BCUT2D eigenvalue weighted by atomic mass is 10.1. The highest BCUT2D eigenvalue weighted by Crippen LogP contribution is 2.24. The van der Waals surface area contributed by atoms with E-state index in [4.69, 9.17) is 0 Å². The predicted molar refractivity (Wildman–Crippen MR) is 64.1 cm³/mol. The predicted octanol–water partition coefficient (Wildman–Crippen LogP) is 1.84. The second-order valence-corrected chi connectivity index (χ2v) is 4.84. The van der Waals surface area contributed by atoms with E-state index < -0.39 is 0 Å². The zero-order chi connectivity index (χ0) is 11.2. The average Bonchev–Trinajstić information content (AvgIpc) is 2.90. The van der Waals surface area contributed by atoms with Crippen molar-refractivity contribution < 1.29 is 0 Å². The van der Waals surface area contributed by atoms with Crippen molar-refractivity contribution in [3.05, 3.63) is 12.4 Å². The van der Waals surface area contributed by atoms with Crippen molar-refractivity contribution in [1.82, 2.24) is 20.3 Å². The summed E-state index contributed by atoms with van der Waals surface area (Å²) < 4.78 is 1.90. The Morgan fingerprint density at radius 2 is 2.31 bits per heavy atom. The topological polar surface area (TPSA) is 42.7 Å². The number of nitrogens with zero attached hydrogens (tertiary/aromatic N) is 3. The molecule has 0 amide bonds. The molecular weight excluding hydrogens is 200 g/mol. The van der Waals surface area contributed by atoms with Crippen LogP contribution in [-0.2, 0) is 6.54 Å². The monoisotopic (exact) mass is 222 g/mol. The molecule has 0 spiro atoms. The molecule has 0 bridgehead atoms. The SMILES string of the molecule is CC1CCCC1NCCCCn1ccnn1. The fraction of sp³-hybridized carbons (Fsp3) is 0.833. The number of aryl methyl sites for hydroxylation is 1. The van der Waals surface area contributed by atoms with Gasteiger partial charge < -0.3 is 5.32 Å². The van der Waals surface area contributed by atoms with Crippen molar-refractivity contribution in [1.29, 1.82) is 0 Å². The molecule has 90 valence electrons. The Bertz CT molecular complexity index is 283. The third-order valence-electron chi connectivity index (χ3n) is 3.55. The van der Waals surface area contributed by atoms with Crippen LogP contribution in [-0.4, -0.2) is 27.6 Å². The van der Waals surface area contributed by atoms with Gasteiger partial charge in [-0.1, -0.05) is 18.6 Å². The first-order valence-electron chi connectivity index (χ1n) is 6.44. The van der Waals surface area contributed by atoms with Crippen LogP contribution in [0.25, 0.3) is 0 Å². The number of hydrogen-bond donors (Lipinski definition) is 1. The summed E-state index contributed by atoms with van der Waals surface area (Å²) >= 11 is 0. The second kappa shape index (κ2) is 5.99. The molecule has 1 aliphatic carbocycles. The largest absolute Gasteiger partial charge is 0.314 e.